The van der Waals surface area contributed by atoms with Crippen molar-refractivity contribution in [3.05, 3.63) is 39.6 Å². The summed E-state index contributed by atoms with van der Waals surface area (Å²) in [6.07, 6.45) is 2.21. The SMILES string of the molecule is CCc1c(N)ncnc1Nc1ccc(Cl)cc1Br. The van der Waals surface area contributed by atoms with E-state index in [0.29, 0.717) is 16.7 Å². The maximum absolute atomic E-state index is 5.90. The molecule has 94 valence electrons. The number of aromatic nitrogens is 2. The molecule has 6 heteroatoms. The normalized spacial score (nSPS) is 10.4. The lowest BCUT2D eigenvalue weighted by atomic mass is 10.2. The number of benzene rings is 1. The molecule has 0 radical (unpaired) electrons. The van der Waals surface area contributed by atoms with Gasteiger partial charge in [0, 0.05) is 15.1 Å². The third kappa shape index (κ3) is 2.73. The summed E-state index contributed by atoms with van der Waals surface area (Å²) in [5, 5.41) is 3.89. The van der Waals surface area contributed by atoms with Crippen LogP contribution in [0, 0.1) is 0 Å². The predicted molar refractivity (Wildman–Crippen MR) is 78.3 cm³/mol. The summed E-state index contributed by atoms with van der Waals surface area (Å²) >= 11 is 9.35. The monoisotopic (exact) mass is 326 g/mol. The molecule has 0 aliphatic heterocycles. The zero-order valence-electron chi connectivity index (χ0n) is 9.74. The van der Waals surface area contributed by atoms with Crippen LogP contribution in [0.25, 0.3) is 0 Å². The molecule has 18 heavy (non-hydrogen) atoms. The smallest absolute Gasteiger partial charge is 0.139 e. The molecule has 1 aromatic carbocycles. The zero-order chi connectivity index (χ0) is 13.1. The Morgan fingerprint density at radius 1 is 1.39 bits per heavy atom. The Morgan fingerprint density at radius 2 is 2.17 bits per heavy atom. The molecular formula is C12H12BrClN4. The first-order chi connectivity index (χ1) is 8.61. The van der Waals surface area contributed by atoms with E-state index < -0.39 is 0 Å². The van der Waals surface area contributed by atoms with Crippen LogP contribution in [0.4, 0.5) is 17.3 Å². The van der Waals surface area contributed by atoms with Crippen molar-refractivity contribution in [3.63, 3.8) is 0 Å². The summed E-state index contributed by atoms with van der Waals surface area (Å²) in [5.74, 6) is 1.22. The Kier molecular flexibility index (Phi) is 4.04. The number of anilines is 3. The largest absolute Gasteiger partial charge is 0.383 e. The van der Waals surface area contributed by atoms with Gasteiger partial charge in [-0.05, 0) is 40.5 Å². The zero-order valence-corrected chi connectivity index (χ0v) is 12.1. The number of nitrogens with zero attached hydrogens (tertiary/aromatic N) is 2. The van der Waals surface area contributed by atoms with Crippen LogP contribution in [0.3, 0.4) is 0 Å². The van der Waals surface area contributed by atoms with Crippen molar-refractivity contribution >= 4 is 44.9 Å². The Bertz CT molecular complexity index is 574. The van der Waals surface area contributed by atoms with E-state index in [0.717, 1.165) is 22.1 Å². The fourth-order valence-electron chi connectivity index (χ4n) is 1.60. The molecule has 2 rings (SSSR count). The highest BCUT2D eigenvalue weighted by molar-refractivity contribution is 9.10. The number of nitrogen functional groups attached to an aromatic ring is 1. The lowest BCUT2D eigenvalue weighted by molar-refractivity contribution is 1.06. The van der Waals surface area contributed by atoms with Gasteiger partial charge in [0.2, 0.25) is 0 Å². The topological polar surface area (TPSA) is 63.8 Å². The summed E-state index contributed by atoms with van der Waals surface area (Å²) in [5.41, 5.74) is 7.61. The third-order valence-electron chi connectivity index (χ3n) is 2.52. The lowest BCUT2D eigenvalue weighted by Crippen LogP contribution is -2.04. The number of nitrogens with one attached hydrogen (secondary N) is 1. The van der Waals surface area contributed by atoms with Gasteiger partial charge in [0.15, 0.2) is 0 Å². The van der Waals surface area contributed by atoms with Crippen LogP contribution < -0.4 is 11.1 Å². The van der Waals surface area contributed by atoms with Gasteiger partial charge in [0.1, 0.15) is 18.0 Å². The molecule has 2 aromatic rings. The molecule has 0 saturated heterocycles. The predicted octanol–water partition coefficient (Wildman–Crippen LogP) is 3.78. The van der Waals surface area contributed by atoms with Gasteiger partial charge in [-0.3, -0.25) is 0 Å². The van der Waals surface area contributed by atoms with Gasteiger partial charge in [-0.2, -0.15) is 0 Å². The van der Waals surface area contributed by atoms with Crippen LogP contribution in [0.2, 0.25) is 5.02 Å². The van der Waals surface area contributed by atoms with Gasteiger partial charge in [0.05, 0.1) is 5.69 Å². The highest BCUT2D eigenvalue weighted by atomic mass is 79.9. The average molecular weight is 328 g/mol. The number of hydrogen-bond donors (Lipinski definition) is 2. The molecule has 3 N–H and O–H groups in total. The summed E-state index contributed by atoms with van der Waals surface area (Å²) in [7, 11) is 0. The van der Waals surface area contributed by atoms with E-state index in [2.05, 4.69) is 31.2 Å². The van der Waals surface area contributed by atoms with E-state index in [1.165, 1.54) is 6.33 Å². The van der Waals surface area contributed by atoms with Crippen molar-refractivity contribution in [2.75, 3.05) is 11.1 Å². The minimum Gasteiger partial charge on any atom is -0.383 e. The van der Waals surface area contributed by atoms with Gasteiger partial charge < -0.3 is 11.1 Å². The molecule has 0 atom stereocenters. The maximum Gasteiger partial charge on any atom is 0.139 e. The Morgan fingerprint density at radius 3 is 2.83 bits per heavy atom. The molecular weight excluding hydrogens is 316 g/mol. The molecule has 0 amide bonds. The summed E-state index contributed by atoms with van der Waals surface area (Å²) in [6.45, 7) is 2.01. The second-order valence-corrected chi connectivity index (χ2v) is 4.98. The summed E-state index contributed by atoms with van der Waals surface area (Å²) in [6, 6.07) is 5.51. The highest BCUT2D eigenvalue weighted by Crippen LogP contribution is 2.29. The second kappa shape index (κ2) is 5.54. The van der Waals surface area contributed by atoms with Crippen molar-refractivity contribution in [2.24, 2.45) is 0 Å². The van der Waals surface area contributed by atoms with Gasteiger partial charge >= 0.3 is 0 Å². The summed E-state index contributed by atoms with van der Waals surface area (Å²) in [4.78, 5) is 8.20. The van der Waals surface area contributed by atoms with Crippen LogP contribution in [-0.2, 0) is 6.42 Å². The van der Waals surface area contributed by atoms with E-state index in [4.69, 9.17) is 17.3 Å². The minimum absolute atomic E-state index is 0.500. The van der Waals surface area contributed by atoms with Crippen molar-refractivity contribution in [1.29, 1.82) is 0 Å². The number of halogens is 2. The van der Waals surface area contributed by atoms with Crippen LogP contribution >= 0.6 is 27.5 Å². The van der Waals surface area contributed by atoms with E-state index in [1.807, 2.05) is 25.1 Å². The van der Waals surface area contributed by atoms with Crippen molar-refractivity contribution in [2.45, 2.75) is 13.3 Å². The fraction of sp³-hybridized carbons (Fsp3) is 0.167. The number of rotatable bonds is 3. The molecule has 0 bridgehead atoms. The van der Waals surface area contributed by atoms with Crippen molar-refractivity contribution < 1.29 is 0 Å². The van der Waals surface area contributed by atoms with Gasteiger partial charge in [-0.1, -0.05) is 18.5 Å². The van der Waals surface area contributed by atoms with E-state index >= 15 is 0 Å². The molecule has 1 heterocycles. The fourth-order valence-corrected chi connectivity index (χ4v) is 2.38. The third-order valence-corrected chi connectivity index (χ3v) is 3.41. The quantitative estimate of drug-likeness (QED) is 0.900. The standard InChI is InChI=1S/C12H12BrClN4/c1-2-8-11(15)16-6-17-12(8)18-10-4-3-7(14)5-9(10)13/h3-6H,2H2,1H3,(H3,15,16,17,18). The van der Waals surface area contributed by atoms with Crippen molar-refractivity contribution in [1.82, 2.24) is 9.97 Å². The highest BCUT2D eigenvalue weighted by Gasteiger charge is 2.09. The van der Waals surface area contributed by atoms with Gasteiger partial charge in [0.25, 0.3) is 0 Å². The molecule has 4 nitrogen and oxygen atoms in total. The van der Waals surface area contributed by atoms with E-state index in [9.17, 15) is 0 Å². The average Bonchev–Trinajstić information content (AvgIpc) is 2.33. The maximum atomic E-state index is 5.90. The van der Waals surface area contributed by atoms with Crippen LogP contribution in [0.1, 0.15) is 12.5 Å². The molecule has 0 saturated carbocycles. The van der Waals surface area contributed by atoms with Crippen LogP contribution in [0.15, 0.2) is 29.0 Å². The molecule has 0 aliphatic rings. The van der Waals surface area contributed by atoms with Crippen LogP contribution in [-0.4, -0.2) is 9.97 Å². The molecule has 0 spiro atoms. The number of nitrogens with two attached hydrogens (primary N) is 1. The molecule has 0 fully saturated rings. The Hall–Kier alpha value is -1.33. The first-order valence-corrected chi connectivity index (χ1v) is 6.60. The van der Waals surface area contributed by atoms with E-state index in [1.54, 1.807) is 0 Å². The van der Waals surface area contributed by atoms with Crippen molar-refractivity contribution in [3.8, 4) is 0 Å². The molecule has 0 unspecified atom stereocenters. The Labute approximate surface area is 119 Å². The van der Waals surface area contributed by atoms with Crippen LogP contribution in [0.5, 0.6) is 0 Å². The van der Waals surface area contributed by atoms with E-state index in [-0.39, 0.29) is 0 Å². The molecule has 1 aromatic heterocycles. The first-order valence-electron chi connectivity index (χ1n) is 5.43. The minimum atomic E-state index is 0.500. The first kappa shape index (κ1) is 13.1. The lowest BCUT2D eigenvalue weighted by Gasteiger charge is -2.12. The molecule has 0 aliphatic carbocycles. The number of hydrogen-bond acceptors (Lipinski definition) is 4. The second-order valence-electron chi connectivity index (χ2n) is 3.69. The summed E-state index contributed by atoms with van der Waals surface area (Å²) < 4.78 is 0.870. The van der Waals surface area contributed by atoms with Gasteiger partial charge in [-0.15, -0.1) is 0 Å². The van der Waals surface area contributed by atoms with Gasteiger partial charge in [-0.25, -0.2) is 9.97 Å². The Balaban J connectivity index is 2.37.